The largest absolute Gasteiger partial charge is 0.314 e. The number of hydrogen-bond donors (Lipinski definition) is 1. The molecular formula is C15H18N2O3S. The van der Waals surface area contributed by atoms with E-state index in [0.29, 0.717) is 24.5 Å². The van der Waals surface area contributed by atoms with Crippen molar-refractivity contribution in [3.8, 4) is 0 Å². The molecule has 0 aliphatic heterocycles. The van der Waals surface area contributed by atoms with Gasteiger partial charge in [0.15, 0.2) is 9.84 Å². The Morgan fingerprint density at radius 2 is 1.81 bits per heavy atom. The molecule has 1 aromatic heterocycles. The lowest BCUT2D eigenvalue weighted by Gasteiger charge is -2.07. The van der Waals surface area contributed by atoms with Crippen LogP contribution in [-0.2, 0) is 22.9 Å². The zero-order valence-electron chi connectivity index (χ0n) is 11.8. The van der Waals surface area contributed by atoms with Crippen molar-refractivity contribution in [2.45, 2.75) is 18.0 Å². The van der Waals surface area contributed by atoms with Crippen molar-refractivity contribution in [2.75, 3.05) is 12.8 Å². The van der Waals surface area contributed by atoms with Gasteiger partial charge in [-0.25, -0.2) is 8.42 Å². The SMILES string of the molecule is CS(=O)(=O)c1ccc(CNCCn2ccccc2=O)cc1. The van der Waals surface area contributed by atoms with Gasteiger partial charge in [0.05, 0.1) is 4.90 Å². The minimum absolute atomic E-state index is 0.0168. The summed E-state index contributed by atoms with van der Waals surface area (Å²) in [5.41, 5.74) is 0.986. The molecule has 112 valence electrons. The summed E-state index contributed by atoms with van der Waals surface area (Å²) in [7, 11) is -3.14. The summed E-state index contributed by atoms with van der Waals surface area (Å²) in [4.78, 5) is 11.8. The Morgan fingerprint density at radius 1 is 1.10 bits per heavy atom. The van der Waals surface area contributed by atoms with E-state index in [9.17, 15) is 13.2 Å². The van der Waals surface area contributed by atoms with Crippen LogP contribution in [0.15, 0.2) is 58.4 Å². The number of pyridine rings is 1. The Balaban J connectivity index is 1.84. The van der Waals surface area contributed by atoms with Crippen molar-refractivity contribution in [2.24, 2.45) is 0 Å². The standard InChI is InChI=1S/C15H18N2O3S/c1-21(19,20)14-7-5-13(6-8-14)12-16-9-11-17-10-3-2-4-15(17)18/h2-8,10,16H,9,11-12H2,1H3. The Bertz CT molecular complexity index is 749. The molecule has 21 heavy (non-hydrogen) atoms. The normalized spacial score (nSPS) is 11.5. The second-order valence-electron chi connectivity index (χ2n) is 4.83. The molecule has 0 aliphatic rings. The van der Waals surface area contributed by atoms with Crippen molar-refractivity contribution in [3.05, 3.63) is 64.6 Å². The van der Waals surface area contributed by atoms with E-state index in [2.05, 4.69) is 5.32 Å². The third-order valence-electron chi connectivity index (χ3n) is 3.11. The number of benzene rings is 1. The molecule has 0 saturated carbocycles. The van der Waals surface area contributed by atoms with Gasteiger partial charge in [-0.1, -0.05) is 18.2 Å². The monoisotopic (exact) mass is 306 g/mol. The lowest BCUT2D eigenvalue weighted by molar-refractivity contribution is 0.585. The van der Waals surface area contributed by atoms with E-state index in [1.165, 1.54) is 12.3 Å². The number of hydrogen-bond acceptors (Lipinski definition) is 4. The minimum atomic E-state index is -3.14. The van der Waals surface area contributed by atoms with Gasteiger partial charge in [0.2, 0.25) is 0 Å². The third-order valence-corrected chi connectivity index (χ3v) is 4.24. The van der Waals surface area contributed by atoms with E-state index in [0.717, 1.165) is 5.56 Å². The number of nitrogens with one attached hydrogen (secondary N) is 1. The van der Waals surface area contributed by atoms with Gasteiger partial charge >= 0.3 is 0 Å². The van der Waals surface area contributed by atoms with Gasteiger partial charge in [-0.3, -0.25) is 4.79 Å². The second kappa shape index (κ2) is 6.69. The average molecular weight is 306 g/mol. The highest BCUT2D eigenvalue weighted by atomic mass is 32.2. The van der Waals surface area contributed by atoms with E-state index < -0.39 is 9.84 Å². The van der Waals surface area contributed by atoms with Gasteiger partial charge in [0.1, 0.15) is 0 Å². The van der Waals surface area contributed by atoms with Crippen LogP contribution in [0.1, 0.15) is 5.56 Å². The molecule has 0 aliphatic carbocycles. The highest BCUT2D eigenvalue weighted by molar-refractivity contribution is 7.90. The second-order valence-corrected chi connectivity index (χ2v) is 6.84. The maximum Gasteiger partial charge on any atom is 0.250 e. The van der Waals surface area contributed by atoms with E-state index in [1.54, 1.807) is 41.1 Å². The summed E-state index contributed by atoms with van der Waals surface area (Å²) in [5.74, 6) is 0. The molecule has 0 radical (unpaired) electrons. The summed E-state index contributed by atoms with van der Waals surface area (Å²) in [6.45, 7) is 1.89. The maximum atomic E-state index is 11.5. The summed E-state index contributed by atoms with van der Waals surface area (Å²) in [5, 5.41) is 3.23. The molecule has 5 nitrogen and oxygen atoms in total. The van der Waals surface area contributed by atoms with E-state index in [-0.39, 0.29) is 5.56 Å². The van der Waals surface area contributed by atoms with Crippen LogP contribution in [0, 0.1) is 0 Å². The van der Waals surface area contributed by atoms with Crippen molar-refractivity contribution < 1.29 is 8.42 Å². The smallest absolute Gasteiger partial charge is 0.250 e. The lowest BCUT2D eigenvalue weighted by atomic mass is 10.2. The highest BCUT2D eigenvalue weighted by Crippen LogP contribution is 2.09. The number of sulfone groups is 1. The number of nitrogens with zero attached hydrogens (tertiary/aromatic N) is 1. The van der Waals surface area contributed by atoms with Crippen molar-refractivity contribution in [1.29, 1.82) is 0 Å². The topological polar surface area (TPSA) is 68.2 Å². The van der Waals surface area contributed by atoms with E-state index >= 15 is 0 Å². The molecule has 1 heterocycles. The predicted octanol–water partition coefficient (Wildman–Crippen LogP) is 1.04. The van der Waals surface area contributed by atoms with Crippen LogP contribution in [-0.4, -0.2) is 25.8 Å². The molecule has 0 fully saturated rings. The number of aromatic nitrogens is 1. The van der Waals surface area contributed by atoms with Crippen LogP contribution >= 0.6 is 0 Å². The maximum absolute atomic E-state index is 11.5. The molecule has 0 saturated heterocycles. The predicted molar refractivity (Wildman–Crippen MR) is 82.0 cm³/mol. The molecule has 0 atom stereocenters. The summed E-state index contributed by atoms with van der Waals surface area (Å²) in [6, 6.07) is 11.9. The molecule has 6 heteroatoms. The van der Waals surface area contributed by atoms with Crippen molar-refractivity contribution in [3.63, 3.8) is 0 Å². The summed E-state index contributed by atoms with van der Waals surface area (Å²) in [6.07, 6.45) is 2.95. The Labute approximate surface area is 124 Å². The molecule has 0 unspecified atom stereocenters. The fourth-order valence-corrected chi connectivity index (χ4v) is 2.56. The average Bonchev–Trinajstić information content (AvgIpc) is 2.45. The molecular weight excluding hydrogens is 288 g/mol. The van der Waals surface area contributed by atoms with E-state index in [1.807, 2.05) is 6.07 Å². The fraction of sp³-hybridized carbons (Fsp3) is 0.267. The molecule has 1 N–H and O–H groups in total. The number of rotatable bonds is 6. The zero-order chi connectivity index (χ0) is 15.3. The van der Waals surface area contributed by atoms with Crippen LogP contribution < -0.4 is 10.9 Å². The van der Waals surface area contributed by atoms with Gasteiger partial charge in [-0.05, 0) is 23.8 Å². The van der Waals surface area contributed by atoms with Gasteiger partial charge in [0, 0.05) is 38.2 Å². The van der Waals surface area contributed by atoms with Gasteiger partial charge in [-0.2, -0.15) is 0 Å². The minimum Gasteiger partial charge on any atom is -0.314 e. The van der Waals surface area contributed by atoms with Crippen LogP contribution in [0.25, 0.3) is 0 Å². The van der Waals surface area contributed by atoms with Gasteiger partial charge in [-0.15, -0.1) is 0 Å². The van der Waals surface area contributed by atoms with Crippen molar-refractivity contribution >= 4 is 9.84 Å². The highest BCUT2D eigenvalue weighted by Gasteiger charge is 2.05. The van der Waals surface area contributed by atoms with Crippen molar-refractivity contribution in [1.82, 2.24) is 9.88 Å². The molecule has 1 aromatic carbocycles. The Kier molecular flexibility index (Phi) is 4.93. The fourth-order valence-electron chi connectivity index (χ4n) is 1.93. The summed E-state index contributed by atoms with van der Waals surface area (Å²) >= 11 is 0. The first-order valence-electron chi connectivity index (χ1n) is 6.62. The summed E-state index contributed by atoms with van der Waals surface area (Å²) < 4.78 is 24.3. The van der Waals surface area contributed by atoms with Gasteiger partial charge < -0.3 is 9.88 Å². The Hall–Kier alpha value is -1.92. The lowest BCUT2D eigenvalue weighted by Crippen LogP contribution is -2.25. The van der Waals surface area contributed by atoms with Crippen LogP contribution in [0.4, 0.5) is 0 Å². The quantitative estimate of drug-likeness (QED) is 0.810. The van der Waals surface area contributed by atoms with Crippen LogP contribution in [0.2, 0.25) is 0 Å². The molecule has 0 amide bonds. The van der Waals surface area contributed by atoms with Crippen LogP contribution in [0.3, 0.4) is 0 Å². The molecule has 2 aromatic rings. The molecule has 0 bridgehead atoms. The Morgan fingerprint density at radius 3 is 2.43 bits per heavy atom. The molecule has 2 rings (SSSR count). The van der Waals surface area contributed by atoms with E-state index in [4.69, 9.17) is 0 Å². The molecule has 0 spiro atoms. The third kappa shape index (κ3) is 4.54. The first kappa shape index (κ1) is 15.5. The first-order valence-corrected chi connectivity index (χ1v) is 8.51. The van der Waals surface area contributed by atoms with Crippen LogP contribution in [0.5, 0.6) is 0 Å². The van der Waals surface area contributed by atoms with Gasteiger partial charge in [0.25, 0.3) is 5.56 Å². The zero-order valence-corrected chi connectivity index (χ0v) is 12.6. The first-order chi connectivity index (χ1) is 9.97.